The molecule has 7 nitrogen and oxygen atoms in total. The van der Waals surface area contributed by atoms with Gasteiger partial charge in [-0.3, -0.25) is 10.1 Å². The van der Waals surface area contributed by atoms with Crippen LogP contribution in [0, 0.1) is 16.0 Å². The van der Waals surface area contributed by atoms with E-state index in [1.54, 1.807) is 0 Å². The summed E-state index contributed by atoms with van der Waals surface area (Å²) in [6.07, 6.45) is 3.44. The minimum atomic E-state index is -0.525. The smallest absolute Gasteiger partial charge is 0.348 e. The number of rotatable bonds is 4. The molecule has 1 aromatic heterocycles. The fourth-order valence-corrected chi connectivity index (χ4v) is 2.70. The van der Waals surface area contributed by atoms with E-state index in [1.807, 2.05) is 11.9 Å². The van der Waals surface area contributed by atoms with Crippen molar-refractivity contribution in [3.63, 3.8) is 0 Å². The molecule has 2 rings (SSSR count). The molecule has 0 aromatic carbocycles. The van der Waals surface area contributed by atoms with Gasteiger partial charge in [-0.15, -0.1) is 0 Å². The minimum Gasteiger partial charge on any atom is -0.354 e. The zero-order chi connectivity index (χ0) is 14.7. The third kappa shape index (κ3) is 3.34. The van der Waals surface area contributed by atoms with Crippen molar-refractivity contribution in [1.82, 2.24) is 14.9 Å². The highest BCUT2D eigenvalue weighted by atomic mass is 35.5. The molecular formula is C12H18ClN5O2. The number of aromatic nitrogens is 2. The van der Waals surface area contributed by atoms with Crippen LogP contribution in [0.5, 0.6) is 0 Å². The number of nitrogens with zero attached hydrogens (tertiary/aromatic N) is 5. The van der Waals surface area contributed by atoms with Crippen molar-refractivity contribution in [2.75, 3.05) is 38.6 Å². The van der Waals surface area contributed by atoms with Gasteiger partial charge in [-0.1, -0.05) is 11.6 Å². The fraction of sp³-hybridized carbons (Fsp3) is 0.667. The Kier molecular flexibility index (Phi) is 4.72. The number of piperidine rings is 1. The largest absolute Gasteiger partial charge is 0.354 e. The lowest BCUT2D eigenvalue weighted by Gasteiger charge is -2.31. The van der Waals surface area contributed by atoms with E-state index in [2.05, 4.69) is 21.9 Å². The summed E-state index contributed by atoms with van der Waals surface area (Å²) in [4.78, 5) is 22.4. The van der Waals surface area contributed by atoms with Crippen LogP contribution in [-0.2, 0) is 0 Å². The van der Waals surface area contributed by atoms with Crippen LogP contribution in [-0.4, -0.2) is 53.5 Å². The molecule has 0 N–H and O–H groups in total. The highest BCUT2D eigenvalue weighted by Gasteiger charge is 2.26. The number of anilines is 1. The van der Waals surface area contributed by atoms with Crippen LogP contribution in [0.1, 0.15) is 12.8 Å². The van der Waals surface area contributed by atoms with Gasteiger partial charge in [0, 0.05) is 13.6 Å². The van der Waals surface area contributed by atoms with Crippen molar-refractivity contribution in [2.45, 2.75) is 12.8 Å². The van der Waals surface area contributed by atoms with E-state index in [0.29, 0.717) is 5.92 Å². The zero-order valence-electron chi connectivity index (χ0n) is 11.6. The Bertz CT molecular complexity index is 491. The number of halogens is 1. The Morgan fingerprint density at radius 3 is 2.75 bits per heavy atom. The van der Waals surface area contributed by atoms with Crippen LogP contribution in [0.2, 0.25) is 5.15 Å². The predicted octanol–water partition coefficient (Wildman–Crippen LogP) is 1.82. The summed E-state index contributed by atoms with van der Waals surface area (Å²) in [6, 6.07) is 0. The van der Waals surface area contributed by atoms with Gasteiger partial charge in [-0.05, 0) is 38.9 Å². The normalized spacial score (nSPS) is 17.1. The monoisotopic (exact) mass is 299 g/mol. The van der Waals surface area contributed by atoms with Crippen molar-refractivity contribution in [2.24, 2.45) is 5.92 Å². The van der Waals surface area contributed by atoms with Gasteiger partial charge < -0.3 is 9.80 Å². The van der Waals surface area contributed by atoms with Crippen LogP contribution in [0.15, 0.2) is 6.33 Å². The van der Waals surface area contributed by atoms with Gasteiger partial charge >= 0.3 is 5.69 Å². The first-order chi connectivity index (χ1) is 9.49. The number of hydrogen-bond donors (Lipinski definition) is 0. The van der Waals surface area contributed by atoms with Crippen molar-refractivity contribution in [1.29, 1.82) is 0 Å². The molecule has 0 atom stereocenters. The van der Waals surface area contributed by atoms with E-state index in [4.69, 9.17) is 11.6 Å². The molecule has 1 saturated heterocycles. The van der Waals surface area contributed by atoms with E-state index in [1.165, 1.54) is 6.33 Å². The number of likely N-dealkylation sites (tertiary alicyclic amines) is 1. The maximum Gasteiger partial charge on any atom is 0.348 e. The van der Waals surface area contributed by atoms with Gasteiger partial charge in [0.1, 0.15) is 6.33 Å². The van der Waals surface area contributed by atoms with Crippen LogP contribution >= 0.6 is 11.6 Å². The maximum absolute atomic E-state index is 11.1. The van der Waals surface area contributed by atoms with E-state index in [9.17, 15) is 10.1 Å². The average Bonchev–Trinajstić information content (AvgIpc) is 2.40. The predicted molar refractivity (Wildman–Crippen MR) is 77.2 cm³/mol. The Labute approximate surface area is 122 Å². The van der Waals surface area contributed by atoms with Crippen LogP contribution in [0.25, 0.3) is 0 Å². The molecule has 2 heterocycles. The van der Waals surface area contributed by atoms with E-state index < -0.39 is 4.92 Å². The topological polar surface area (TPSA) is 75.4 Å². The van der Waals surface area contributed by atoms with Crippen molar-refractivity contribution in [3.8, 4) is 0 Å². The highest BCUT2D eigenvalue weighted by Crippen LogP contribution is 2.31. The van der Waals surface area contributed by atoms with Crippen LogP contribution in [0.4, 0.5) is 11.5 Å². The van der Waals surface area contributed by atoms with E-state index in [0.717, 1.165) is 32.5 Å². The molecule has 110 valence electrons. The van der Waals surface area contributed by atoms with Gasteiger partial charge in [0.25, 0.3) is 0 Å². The third-order valence-electron chi connectivity index (χ3n) is 3.67. The summed E-state index contributed by atoms with van der Waals surface area (Å²) in [6.45, 7) is 2.86. The van der Waals surface area contributed by atoms with Crippen molar-refractivity contribution < 1.29 is 4.92 Å². The summed E-state index contributed by atoms with van der Waals surface area (Å²) >= 11 is 5.80. The Morgan fingerprint density at radius 1 is 1.50 bits per heavy atom. The molecule has 0 spiro atoms. The molecule has 1 aromatic rings. The molecule has 8 heteroatoms. The summed E-state index contributed by atoms with van der Waals surface area (Å²) in [7, 11) is 3.92. The van der Waals surface area contributed by atoms with Gasteiger partial charge in [-0.25, -0.2) is 9.97 Å². The molecule has 0 saturated carbocycles. The lowest BCUT2D eigenvalue weighted by molar-refractivity contribution is -0.384. The second-order valence-corrected chi connectivity index (χ2v) is 5.58. The SMILES string of the molecule is CN1CCC(CN(C)c2ncnc(Cl)c2[N+](=O)[O-])CC1. The summed E-state index contributed by atoms with van der Waals surface area (Å²) in [5.74, 6) is 0.804. The molecule has 1 aliphatic rings. The van der Waals surface area contributed by atoms with Gasteiger partial charge in [0.2, 0.25) is 11.0 Å². The molecule has 0 amide bonds. The molecule has 0 radical (unpaired) electrons. The Morgan fingerprint density at radius 2 is 2.15 bits per heavy atom. The first kappa shape index (κ1) is 14.9. The van der Waals surface area contributed by atoms with Crippen molar-refractivity contribution in [3.05, 3.63) is 21.6 Å². The second-order valence-electron chi connectivity index (χ2n) is 5.22. The standard InChI is InChI=1S/C12H18ClN5O2/c1-16-5-3-9(4-6-16)7-17(2)12-10(18(19)20)11(13)14-8-15-12/h8-9H,3-7H2,1-2H3. The molecule has 0 aliphatic carbocycles. The molecule has 1 fully saturated rings. The van der Waals surface area contributed by atoms with E-state index in [-0.39, 0.29) is 16.7 Å². The zero-order valence-corrected chi connectivity index (χ0v) is 12.4. The van der Waals surface area contributed by atoms with Gasteiger partial charge in [0.05, 0.1) is 4.92 Å². The molecule has 20 heavy (non-hydrogen) atoms. The summed E-state index contributed by atoms with van der Waals surface area (Å²) in [5.41, 5.74) is -0.218. The molecular weight excluding hydrogens is 282 g/mol. The average molecular weight is 300 g/mol. The lowest BCUT2D eigenvalue weighted by Crippen LogP contribution is -2.36. The third-order valence-corrected chi connectivity index (χ3v) is 3.95. The molecule has 1 aliphatic heterocycles. The Balaban J connectivity index is 2.11. The van der Waals surface area contributed by atoms with Crippen LogP contribution < -0.4 is 4.90 Å². The van der Waals surface area contributed by atoms with Crippen LogP contribution in [0.3, 0.4) is 0 Å². The molecule has 0 bridgehead atoms. The number of nitro groups is 1. The molecule has 0 unspecified atom stereocenters. The lowest BCUT2D eigenvalue weighted by atomic mass is 9.97. The second kappa shape index (κ2) is 6.32. The quantitative estimate of drug-likeness (QED) is 0.479. The summed E-state index contributed by atoms with van der Waals surface area (Å²) < 4.78 is 0. The van der Waals surface area contributed by atoms with Crippen molar-refractivity contribution >= 4 is 23.1 Å². The fourth-order valence-electron chi connectivity index (χ4n) is 2.50. The first-order valence-electron chi connectivity index (χ1n) is 6.53. The van der Waals surface area contributed by atoms with Gasteiger partial charge in [0.15, 0.2) is 0 Å². The van der Waals surface area contributed by atoms with E-state index >= 15 is 0 Å². The summed E-state index contributed by atoms with van der Waals surface area (Å²) in [5, 5.41) is 11.0. The maximum atomic E-state index is 11.1. The Hall–Kier alpha value is -1.47. The minimum absolute atomic E-state index is 0.116. The van der Waals surface area contributed by atoms with Gasteiger partial charge in [-0.2, -0.15) is 0 Å². The highest BCUT2D eigenvalue weighted by molar-refractivity contribution is 6.31. The number of hydrogen-bond acceptors (Lipinski definition) is 6. The first-order valence-corrected chi connectivity index (χ1v) is 6.91.